The molecule has 5 rings (SSSR count). The number of fused-ring (bicyclic) bond motifs is 2. The molecule has 0 saturated carbocycles. The number of esters is 1. The van der Waals surface area contributed by atoms with E-state index in [1.807, 2.05) is 57.1 Å². The Morgan fingerprint density at radius 3 is 2.47 bits per heavy atom. The number of ether oxygens (including phenoxy) is 6. The number of Topliss-reactive ketones (excluding diaryl/α,β-unsaturated/α-hetero) is 1. The van der Waals surface area contributed by atoms with Crippen LogP contribution in [0, 0.1) is 23.7 Å². The molecule has 0 aliphatic carbocycles. The van der Waals surface area contributed by atoms with Crippen LogP contribution in [-0.4, -0.2) is 133 Å². The Balaban J connectivity index is 1.43. The highest BCUT2D eigenvalue weighted by atomic mass is 32.1. The molecule has 0 bridgehead atoms. The molecular weight excluding hydrogens is 797 g/mol. The van der Waals surface area contributed by atoms with Crippen molar-refractivity contribution in [2.75, 3.05) is 34.4 Å². The number of ketones is 1. The van der Waals surface area contributed by atoms with Crippen molar-refractivity contribution in [2.24, 2.45) is 28.8 Å². The standard InChI is InChI=1S/C43H64N4O12S/c1-12-31-43(8)38(58-41(52)59-43)25(4)34(46-54-22-32(48)44-19-15-18-33-45-28-16-13-14-17-30(28)60-33)23(2)21-42(7,53-11)37(26(5)35(49)27(6)39(51)56-31)57-40-36(50)29(47(9)10)20-24(3)55-40/h13-14,16-17,23-27,29,31,36-38,40,50H,12,15,18-22H2,1-11H3,(H,44,48)/b46-34+/t23-,24-,25+,26+,27-,29+,31-,36-,37-,38-,40+,42+,43-/m1/s1. The molecule has 1 amide bonds. The minimum Gasteiger partial charge on any atom is -0.457 e. The van der Waals surface area contributed by atoms with Crippen molar-refractivity contribution in [2.45, 2.75) is 142 Å². The number of benzene rings is 1. The summed E-state index contributed by atoms with van der Waals surface area (Å²) in [5.41, 5.74) is -1.41. The highest BCUT2D eigenvalue weighted by molar-refractivity contribution is 7.18. The Kier molecular flexibility index (Phi) is 15.7. The summed E-state index contributed by atoms with van der Waals surface area (Å²) in [6.45, 7) is 13.9. The average Bonchev–Trinajstić information content (AvgIpc) is 3.77. The van der Waals surface area contributed by atoms with Gasteiger partial charge >= 0.3 is 12.1 Å². The van der Waals surface area contributed by atoms with Gasteiger partial charge in [-0.05, 0) is 79.6 Å². The third-order valence-corrected chi connectivity index (χ3v) is 13.5. The van der Waals surface area contributed by atoms with Gasteiger partial charge in [-0.2, -0.15) is 0 Å². The minimum atomic E-state index is -1.48. The summed E-state index contributed by atoms with van der Waals surface area (Å²) < 4.78 is 37.8. The van der Waals surface area contributed by atoms with Crippen LogP contribution in [0.2, 0.25) is 0 Å². The third-order valence-electron chi connectivity index (χ3n) is 12.4. The Morgan fingerprint density at radius 2 is 1.80 bits per heavy atom. The number of rotatable bonds is 12. The number of amides is 1. The maximum atomic E-state index is 14.3. The van der Waals surface area contributed by atoms with Gasteiger partial charge in [0, 0.05) is 43.9 Å². The summed E-state index contributed by atoms with van der Waals surface area (Å²) in [6.07, 6.45) is -4.18. The van der Waals surface area contributed by atoms with E-state index in [9.17, 15) is 24.3 Å². The summed E-state index contributed by atoms with van der Waals surface area (Å²) >= 11 is 1.63. The van der Waals surface area contributed by atoms with Gasteiger partial charge in [0.25, 0.3) is 5.91 Å². The lowest BCUT2D eigenvalue weighted by molar-refractivity contribution is -0.295. The van der Waals surface area contributed by atoms with Gasteiger partial charge < -0.3 is 48.6 Å². The van der Waals surface area contributed by atoms with E-state index < -0.39 is 90.1 Å². The van der Waals surface area contributed by atoms with Gasteiger partial charge in [-0.3, -0.25) is 14.4 Å². The first kappa shape index (κ1) is 47.3. The van der Waals surface area contributed by atoms with Crippen LogP contribution in [0.4, 0.5) is 4.79 Å². The number of para-hydroxylation sites is 1. The second-order valence-corrected chi connectivity index (χ2v) is 18.3. The van der Waals surface area contributed by atoms with Crippen molar-refractivity contribution in [3.8, 4) is 0 Å². The SMILES string of the molecule is CC[C@H]1OC(=O)[C@H](C)C(=O)[C@H](C)[C@@H](O[C@@H]2O[C@H](C)C[C@H](N(C)C)[C@H]2O)[C@@](C)(OC)C[C@@H](C)/C(=N\OCC(=O)NCCCc2nc3ccccc3s2)[C@H](C)[C@H]2OC(=O)O[C@@]21C. The number of likely N-dealkylation sites (N-methyl/N-ethyl adjacent to an activating group) is 1. The van der Waals surface area contributed by atoms with E-state index in [0.717, 1.165) is 15.2 Å². The monoisotopic (exact) mass is 860 g/mol. The van der Waals surface area contributed by atoms with Crippen LogP contribution < -0.4 is 5.32 Å². The topological polar surface area (TPSA) is 194 Å². The van der Waals surface area contributed by atoms with Gasteiger partial charge in [-0.15, -0.1) is 11.3 Å². The Labute approximate surface area is 356 Å². The molecule has 1 aromatic carbocycles. The predicted molar refractivity (Wildman–Crippen MR) is 223 cm³/mol. The Morgan fingerprint density at radius 1 is 1.08 bits per heavy atom. The molecule has 0 spiro atoms. The van der Waals surface area contributed by atoms with Crippen molar-refractivity contribution in [3.63, 3.8) is 0 Å². The van der Waals surface area contributed by atoms with E-state index in [2.05, 4.69) is 15.5 Å². The van der Waals surface area contributed by atoms with Gasteiger partial charge in [0.15, 0.2) is 30.4 Å². The van der Waals surface area contributed by atoms with Crippen LogP contribution >= 0.6 is 11.3 Å². The maximum absolute atomic E-state index is 14.3. The predicted octanol–water partition coefficient (Wildman–Crippen LogP) is 5.07. The smallest absolute Gasteiger partial charge is 0.457 e. The van der Waals surface area contributed by atoms with E-state index in [-0.39, 0.29) is 30.9 Å². The zero-order valence-electron chi connectivity index (χ0n) is 36.8. The quantitative estimate of drug-likeness (QED) is 0.124. The van der Waals surface area contributed by atoms with Crippen LogP contribution in [-0.2, 0) is 54.1 Å². The van der Waals surface area contributed by atoms with Gasteiger partial charge in [0.05, 0.1) is 38.7 Å². The number of methoxy groups -OCH3 is 1. The minimum absolute atomic E-state index is 0.167. The molecule has 60 heavy (non-hydrogen) atoms. The van der Waals surface area contributed by atoms with Crippen molar-refractivity contribution < 1.29 is 57.5 Å². The van der Waals surface area contributed by atoms with E-state index in [1.54, 1.807) is 46.0 Å². The van der Waals surface area contributed by atoms with E-state index >= 15 is 0 Å². The first-order valence-electron chi connectivity index (χ1n) is 21.0. The highest BCUT2D eigenvalue weighted by Gasteiger charge is 2.59. The largest absolute Gasteiger partial charge is 0.509 e. The molecule has 17 heteroatoms. The lowest BCUT2D eigenvalue weighted by Crippen LogP contribution is -2.59. The number of aromatic nitrogens is 1. The summed E-state index contributed by atoms with van der Waals surface area (Å²) in [5.74, 6) is -5.10. The lowest BCUT2D eigenvalue weighted by atomic mass is 9.74. The zero-order chi connectivity index (χ0) is 44.1. The highest BCUT2D eigenvalue weighted by Crippen LogP contribution is 2.42. The molecule has 4 heterocycles. The molecule has 16 nitrogen and oxygen atoms in total. The molecule has 1 aromatic heterocycles. The number of carbonyl (C=O) groups is 4. The van der Waals surface area contributed by atoms with E-state index in [1.165, 1.54) is 14.0 Å². The molecule has 3 fully saturated rings. The summed E-state index contributed by atoms with van der Waals surface area (Å²) in [4.78, 5) is 66.4. The summed E-state index contributed by atoms with van der Waals surface area (Å²) in [6, 6.07) is 7.65. The van der Waals surface area contributed by atoms with Crippen molar-refractivity contribution in [3.05, 3.63) is 29.3 Å². The molecule has 2 aromatic rings. The van der Waals surface area contributed by atoms with Crippen LogP contribution in [0.1, 0.15) is 86.1 Å². The van der Waals surface area contributed by atoms with Crippen molar-refractivity contribution >= 4 is 51.1 Å². The van der Waals surface area contributed by atoms with Gasteiger partial charge in [0.2, 0.25) is 0 Å². The average molecular weight is 861 g/mol. The lowest BCUT2D eigenvalue weighted by Gasteiger charge is -2.47. The summed E-state index contributed by atoms with van der Waals surface area (Å²) in [7, 11) is 5.23. The Bertz CT molecular complexity index is 1830. The first-order chi connectivity index (χ1) is 28.3. The fourth-order valence-corrected chi connectivity index (χ4v) is 9.95. The molecule has 0 unspecified atom stereocenters. The maximum Gasteiger partial charge on any atom is 0.509 e. The molecule has 3 aliphatic rings. The van der Waals surface area contributed by atoms with E-state index in [4.69, 9.17) is 33.3 Å². The molecule has 2 N–H and O–H groups in total. The number of aliphatic hydroxyl groups is 1. The number of oxime groups is 1. The van der Waals surface area contributed by atoms with Gasteiger partial charge in [0.1, 0.15) is 18.1 Å². The number of nitrogens with zero attached hydrogens (tertiary/aromatic N) is 3. The normalized spacial score (nSPS) is 36.3. The van der Waals surface area contributed by atoms with Crippen molar-refractivity contribution in [1.82, 2.24) is 15.2 Å². The van der Waals surface area contributed by atoms with Crippen LogP contribution in [0.3, 0.4) is 0 Å². The zero-order valence-corrected chi connectivity index (χ0v) is 37.6. The third kappa shape index (κ3) is 10.5. The summed E-state index contributed by atoms with van der Waals surface area (Å²) in [5, 5.41) is 19.9. The number of thiazole rings is 1. The first-order valence-corrected chi connectivity index (χ1v) is 21.8. The van der Waals surface area contributed by atoms with Crippen LogP contribution in [0.15, 0.2) is 29.4 Å². The molecule has 3 saturated heterocycles. The molecule has 13 atom stereocenters. The Hall–Kier alpha value is -3.74. The van der Waals surface area contributed by atoms with Gasteiger partial charge in [-0.1, -0.05) is 45.0 Å². The number of aryl methyl sites for hydroxylation is 1. The number of hydrogen-bond acceptors (Lipinski definition) is 16. The van der Waals surface area contributed by atoms with E-state index in [0.29, 0.717) is 31.5 Å². The number of cyclic esters (lactones) is 1. The molecule has 3 aliphatic heterocycles. The van der Waals surface area contributed by atoms with Crippen molar-refractivity contribution in [1.29, 1.82) is 0 Å². The fourth-order valence-electron chi connectivity index (χ4n) is 8.94. The molecule has 334 valence electrons. The van der Waals surface area contributed by atoms with Crippen LogP contribution in [0.5, 0.6) is 0 Å². The van der Waals surface area contributed by atoms with Crippen LogP contribution in [0.25, 0.3) is 10.2 Å². The molecule has 0 radical (unpaired) electrons. The second-order valence-electron chi connectivity index (χ2n) is 17.2. The van der Waals surface area contributed by atoms with Gasteiger partial charge in [-0.25, -0.2) is 9.78 Å². The second kappa shape index (κ2) is 20.0. The number of aliphatic hydroxyl groups excluding tert-OH is 1. The number of carbonyl (C=O) groups excluding carboxylic acids is 4. The number of hydrogen-bond donors (Lipinski definition) is 2. The number of nitrogens with one attached hydrogen (secondary N) is 1. The fraction of sp³-hybridized carbons (Fsp3) is 0.721. The molecular formula is C43H64N4O12S.